The van der Waals surface area contributed by atoms with Crippen LogP contribution in [0.5, 0.6) is 0 Å². The molecule has 0 aromatic rings. The fourth-order valence-corrected chi connectivity index (χ4v) is 8.76. The molecule has 15 heteroatoms. The smallest absolute Gasteiger partial charge is 0.311 e. The number of ketones is 1. The molecule has 3 fully saturated rings. The highest BCUT2D eigenvalue weighted by molar-refractivity contribution is 5.83. The van der Waals surface area contributed by atoms with Gasteiger partial charge in [-0.2, -0.15) is 0 Å². The van der Waals surface area contributed by atoms with Crippen molar-refractivity contribution >= 4 is 17.7 Å². The maximum Gasteiger partial charge on any atom is 0.311 e. The lowest BCUT2D eigenvalue weighted by Crippen LogP contribution is -2.61. The Kier molecular flexibility index (Phi) is 16.3. The summed E-state index contributed by atoms with van der Waals surface area (Å²) >= 11 is 0. The molecule has 0 amide bonds. The minimum Gasteiger partial charge on any atom is -0.459 e. The van der Waals surface area contributed by atoms with Crippen molar-refractivity contribution in [3.05, 3.63) is 0 Å². The Morgan fingerprint density at radius 3 is 2.05 bits per heavy atom. The molecule has 3 rings (SSSR count). The zero-order valence-corrected chi connectivity index (χ0v) is 35.5. The predicted octanol–water partition coefficient (Wildman–Crippen LogP) is 2.75. The number of nitrogens with zero attached hydrogens (tertiary/aromatic N) is 1. The van der Waals surface area contributed by atoms with Crippen LogP contribution in [0.1, 0.15) is 108 Å². The number of hydrogen-bond acceptors (Lipinski definition) is 15. The van der Waals surface area contributed by atoms with E-state index in [1.165, 1.54) is 27.9 Å². The van der Waals surface area contributed by atoms with Gasteiger partial charge in [0, 0.05) is 37.7 Å². The molecule has 0 aromatic carbocycles. The molecule has 3 aliphatic rings. The number of carbonyl (C=O) groups is 3. The maximum absolute atomic E-state index is 14.2. The summed E-state index contributed by atoms with van der Waals surface area (Å²) in [6.07, 6.45) is -9.68. The van der Waals surface area contributed by atoms with Gasteiger partial charge in [-0.3, -0.25) is 14.4 Å². The third-order valence-electron chi connectivity index (χ3n) is 12.4. The Morgan fingerprint density at radius 2 is 1.51 bits per heavy atom. The molecule has 0 aromatic heterocycles. The summed E-state index contributed by atoms with van der Waals surface area (Å²) in [6, 6.07) is -0.319. The molecule has 0 unspecified atom stereocenters. The first kappa shape index (κ1) is 47.6. The van der Waals surface area contributed by atoms with Crippen molar-refractivity contribution in [2.45, 2.75) is 193 Å². The molecule has 0 saturated carbocycles. The number of aliphatic hydroxyl groups excluding tert-OH is 2. The van der Waals surface area contributed by atoms with Gasteiger partial charge in [-0.05, 0) is 74.9 Å². The summed E-state index contributed by atoms with van der Waals surface area (Å²) in [6.45, 7) is 18.0. The monoisotopic (exact) mass is 789 g/mol. The first-order chi connectivity index (χ1) is 25.4. The molecule has 15 nitrogen and oxygen atoms in total. The van der Waals surface area contributed by atoms with E-state index in [0.29, 0.717) is 6.42 Å². The number of aliphatic hydroxyl groups is 4. The van der Waals surface area contributed by atoms with E-state index < -0.39 is 114 Å². The van der Waals surface area contributed by atoms with Crippen LogP contribution in [0, 0.1) is 23.7 Å². The molecule has 3 aliphatic heterocycles. The largest absolute Gasteiger partial charge is 0.459 e. The molecule has 0 radical (unpaired) electrons. The van der Waals surface area contributed by atoms with Gasteiger partial charge in [0.05, 0.1) is 53.7 Å². The molecule has 4 N–H and O–H groups in total. The molecule has 0 bridgehead atoms. The average Bonchev–Trinajstić information content (AvgIpc) is 3.11. The molecule has 55 heavy (non-hydrogen) atoms. The van der Waals surface area contributed by atoms with E-state index in [-0.39, 0.29) is 37.8 Å². The normalized spacial score (nSPS) is 46.9. The van der Waals surface area contributed by atoms with Crippen LogP contribution in [0.4, 0.5) is 0 Å². The Balaban J connectivity index is 2.24. The van der Waals surface area contributed by atoms with Crippen LogP contribution in [-0.4, -0.2) is 149 Å². The van der Waals surface area contributed by atoms with Crippen LogP contribution in [0.25, 0.3) is 0 Å². The lowest BCUT2D eigenvalue weighted by atomic mass is 9.74. The molecule has 18 atom stereocenters. The molecule has 3 heterocycles. The number of hydrogen-bond donors (Lipinski definition) is 4. The van der Waals surface area contributed by atoms with Gasteiger partial charge in [0.2, 0.25) is 0 Å². The van der Waals surface area contributed by atoms with Crippen LogP contribution in [-0.2, 0) is 47.5 Å². The highest BCUT2D eigenvalue weighted by Gasteiger charge is 2.54. The van der Waals surface area contributed by atoms with Crippen LogP contribution in [0.3, 0.4) is 0 Å². The Morgan fingerprint density at radius 1 is 0.891 bits per heavy atom. The van der Waals surface area contributed by atoms with Crippen molar-refractivity contribution in [1.82, 2.24) is 4.90 Å². The summed E-state index contributed by atoms with van der Waals surface area (Å²) < 4.78 is 43.6. The van der Waals surface area contributed by atoms with E-state index in [2.05, 4.69) is 0 Å². The highest BCUT2D eigenvalue weighted by Crippen LogP contribution is 2.41. The van der Waals surface area contributed by atoms with Gasteiger partial charge in [-0.1, -0.05) is 34.6 Å². The first-order valence-electron chi connectivity index (χ1n) is 19.9. The SMILES string of the molecule is CCC(=O)O[C@H]1[C@H](O[C@@H]2[C@@H](C)[C@H](O[C@@H]3C[C@](C)(OC)[C@H](O)[C@@H](C)O3)[C@@H](C)C(=O)O[C@H](CC)[C@@](C)(O)[C@H](O)[C@@H](C)C(=O)[C@H](C)C[C@]2(C)O)O[C@H](C)C[C@@H]1N(C)C. The second-order valence-corrected chi connectivity index (χ2v) is 17.3. The highest BCUT2D eigenvalue weighted by atomic mass is 16.7. The number of carbonyl (C=O) groups excluding carboxylic acids is 3. The minimum atomic E-state index is -2.01. The number of likely N-dealkylation sites (N-methyl/N-ethyl adjacent to an activating group) is 1. The standard InChI is InChI=1S/C40H71NO14/c1-15-27-40(11,48)33(44)22(5)30(43)20(3)18-38(9,47)35(55-37-32(53-28(42)16-2)26(41(12)13)17-21(4)50-37)23(6)31(24(7)36(46)52-27)54-29-19-39(10,49-14)34(45)25(8)51-29/h20-27,29,31-35,37,44-45,47-48H,15-19H2,1-14H3/t20-,21-,22+,23+,24-,25-,26+,27-,29-,31+,32-,33-,34-,35-,37+,38+,39+,40-/m1/s1. The van der Waals surface area contributed by atoms with Gasteiger partial charge in [-0.25, -0.2) is 0 Å². The van der Waals surface area contributed by atoms with Gasteiger partial charge < -0.3 is 58.5 Å². The van der Waals surface area contributed by atoms with E-state index in [9.17, 15) is 34.8 Å². The number of esters is 2. The lowest BCUT2D eigenvalue weighted by Gasteiger charge is -2.49. The average molecular weight is 790 g/mol. The van der Waals surface area contributed by atoms with Crippen molar-refractivity contribution in [2.75, 3.05) is 21.2 Å². The zero-order valence-electron chi connectivity index (χ0n) is 35.5. The van der Waals surface area contributed by atoms with Crippen molar-refractivity contribution in [3.8, 4) is 0 Å². The van der Waals surface area contributed by atoms with Crippen molar-refractivity contribution < 1.29 is 68.0 Å². The van der Waals surface area contributed by atoms with Crippen LogP contribution in [0.15, 0.2) is 0 Å². The zero-order chi connectivity index (χ0) is 42.0. The van der Waals surface area contributed by atoms with Crippen molar-refractivity contribution in [1.29, 1.82) is 0 Å². The van der Waals surface area contributed by atoms with E-state index in [0.717, 1.165) is 0 Å². The van der Waals surface area contributed by atoms with E-state index in [1.807, 2.05) is 25.9 Å². The summed E-state index contributed by atoms with van der Waals surface area (Å²) in [5, 5.41) is 46.6. The van der Waals surface area contributed by atoms with Crippen molar-refractivity contribution in [2.24, 2.45) is 23.7 Å². The van der Waals surface area contributed by atoms with Gasteiger partial charge in [0.25, 0.3) is 0 Å². The molecular formula is C40H71NO14. The molecule has 0 aliphatic carbocycles. The number of Topliss-reactive ketones (excluding diaryl/α,β-unsaturated/α-hetero) is 1. The number of ether oxygens (including phenoxy) is 7. The summed E-state index contributed by atoms with van der Waals surface area (Å²) in [7, 11) is 5.21. The fourth-order valence-electron chi connectivity index (χ4n) is 8.76. The number of rotatable bonds is 9. The van der Waals surface area contributed by atoms with Crippen LogP contribution >= 0.6 is 0 Å². The summed E-state index contributed by atoms with van der Waals surface area (Å²) in [5.74, 6) is -5.59. The third kappa shape index (κ3) is 10.6. The van der Waals surface area contributed by atoms with E-state index in [1.54, 1.807) is 48.5 Å². The quantitative estimate of drug-likeness (QED) is 0.249. The van der Waals surface area contributed by atoms with Gasteiger partial charge in [0.1, 0.15) is 23.6 Å². The first-order valence-corrected chi connectivity index (χ1v) is 19.9. The molecule has 320 valence electrons. The van der Waals surface area contributed by atoms with Crippen LogP contribution in [0.2, 0.25) is 0 Å². The topological polar surface area (TPSA) is 200 Å². The van der Waals surface area contributed by atoms with Crippen LogP contribution < -0.4 is 0 Å². The fraction of sp³-hybridized carbons (Fsp3) is 0.925. The van der Waals surface area contributed by atoms with E-state index >= 15 is 0 Å². The molecular weight excluding hydrogens is 718 g/mol. The second-order valence-electron chi connectivity index (χ2n) is 17.3. The Bertz CT molecular complexity index is 1290. The molecule has 0 spiro atoms. The minimum absolute atomic E-state index is 0.0760. The van der Waals surface area contributed by atoms with Gasteiger partial charge >= 0.3 is 11.9 Å². The third-order valence-corrected chi connectivity index (χ3v) is 12.4. The lowest BCUT2D eigenvalue weighted by molar-refractivity contribution is -0.319. The van der Waals surface area contributed by atoms with Crippen molar-refractivity contribution in [3.63, 3.8) is 0 Å². The summed E-state index contributed by atoms with van der Waals surface area (Å²) in [4.78, 5) is 42.9. The van der Waals surface area contributed by atoms with Gasteiger partial charge in [-0.15, -0.1) is 0 Å². The van der Waals surface area contributed by atoms with Gasteiger partial charge in [0.15, 0.2) is 18.7 Å². The maximum atomic E-state index is 14.2. The second kappa shape index (κ2) is 18.9. The Hall–Kier alpha value is -1.79. The number of methoxy groups -OCH3 is 1. The van der Waals surface area contributed by atoms with E-state index in [4.69, 9.17) is 33.2 Å². The number of cyclic esters (lactones) is 1. The predicted molar refractivity (Wildman–Crippen MR) is 200 cm³/mol. The summed E-state index contributed by atoms with van der Waals surface area (Å²) in [5.41, 5.74) is -4.92. The Labute approximate surface area is 327 Å². The molecule has 3 saturated heterocycles.